The average Bonchev–Trinajstić information content (AvgIpc) is 4.08. The Labute approximate surface area is 378 Å². The summed E-state index contributed by atoms with van der Waals surface area (Å²) in [5, 5.41) is 0. The number of benzene rings is 3. The SMILES string of the molecule is COC(=O)c1cncn1[C@@H]1c2ccccc2C=CC1(C)C.COC(=O)c1cncn1[C@@H]1c2ccccc2[C@@H](F)CC1(C)C.COC(=O)c1cncn1[C@@H]1c2ccccc2[C@H](F)CC1(C)C. The number of alkyl halides is 2. The zero-order chi connectivity index (χ0) is 46.8. The highest BCUT2D eigenvalue weighted by atomic mass is 19.1. The lowest BCUT2D eigenvalue weighted by Gasteiger charge is -2.42. The van der Waals surface area contributed by atoms with Crippen molar-refractivity contribution < 1.29 is 37.4 Å². The lowest BCUT2D eigenvalue weighted by molar-refractivity contribution is 0.0567. The van der Waals surface area contributed by atoms with E-state index in [9.17, 15) is 23.2 Å². The standard InChI is InChI=1S/2C17H19FN2O2.C17H18N2O2/c2*1-17(2)8-13(18)11-6-4-5-7-12(11)15(17)20-10-19-9-14(20)16(21)22-3;1-17(2)9-8-12-6-4-5-7-13(12)15(17)19-11-18-10-14(19)16(20)21-3/h2*4-7,9-10,13,15H,8H2,1-3H3;4-11,15H,1-3H3/t13-,15+;13-,15-;15-/m011/s1. The molecule has 0 saturated carbocycles. The molecule has 0 aliphatic heterocycles. The smallest absolute Gasteiger partial charge is 0.356 e. The average molecular weight is 887 g/mol. The maximum absolute atomic E-state index is 14.5. The summed E-state index contributed by atoms with van der Waals surface area (Å²) >= 11 is 0. The fraction of sp³-hybridized carbons (Fsp3) is 0.373. The number of esters is 3. The Morgan fingerprint density at radius 1 is 0.523 bits per heavy atom. The van der Waals surface area contributed by atoms with Crippen LogP contribution in [-0.4, -0.2) is 67.9 Å². The molecule has 65 heavy (non-hydrogen) atoms. The van der Waals surface area contributed by atoms with Crippen LogP contribution in [0.4, 0.5) is 8.78 Å². The Kier molecular flexibility index (Phi) is 13.1. The highest BCUT2D eigenvalue weighted by Gasteiger charge is 2.44. The molecule has 0 spiro atoms. The van der Waals surface area contributed by atoms with Gasteiger partial charge in [0.05, 0.1) is 77.0 Å². The topological polar surface area (TPSA) is 132 Å². The monoisotopic (exact) mass is 886 g/mol. The summed E-state index contributed by atoms with van der Waals surface area (Å²) in [6.45, 7) is 12.4. The predicted octanol–water partition coefficient (Wildman–Crippen LogP) is 10.7. The summed E-state index contributed by atoms with van der Waals surface area (Å²) in [5.74, 6) is -1.24. The second-order valence-electron chi connectivity index (χ2n) is 18.6. The van der Waals surface area contributed by atoms with Crippen molar-refractivity contribution in [1.82, 2.24) is 28.7 Å². The number of allylic oxidation sites excluding steroid dienone is 1. The van der Waals surface area contributed by atoms with Gasteiger partial charge in [-0.1, -0.05) is 126 Å². The van der Waals surface area contributed by atoms with Crippen molar-refractivity contribution in [2.75, 3.05) is 21.3 Å². The molecule has 3 aliphatic rings. The highest BCUT2D eigenvalue weighted by molar-refractivity contribution is 5.88. The van der Waals surface area contributed by atoms with Crippen LogP contribution in [0.3, 0.4) is 0 Å². The van der Waals surface area contributed by atoms with Crippen molar-refractivity contribution >= 4 is 24.0 Å². The summed E-state index contributed by atoms with van der Waals surface area (Å²) in [6, 6.07) is 22.9. The number of hydrogen-bond acceptors (Lipinski definition) is 9. The number of fused-ring (bicyclic) bond motifs is 3. The molecule has 14 heteroatoms. The van der Waals surface area contributed by atoms with Crippen LogP contribution >= 0.6 is 0 Å². The molecular formula is C51H56F2N6O6. The molecule has 3 aliphatic carbocycles. The van der Waals surface area contributed by atoms with Crippen LogP contribution in [0.5, 0.6) is 0 Å². The molecule has 0 radical (unpaired) electrons. The normalized spacial score (nSPS) is 21.7. The van der Waals surface area contributed by atoms with Gasteiger partial charge in [0.15, 0.2) is 0 Å². The van der Waals surface area contributed by atoms with E-state index in [-0.39, 0.29) is 40.3 Å². The maximum atomic E-state index is 14.5. The van der Waals surface area contributed by atoms with E-state index in [0.29, 0.717) is 41.1 Å². The molecule has 3 heterocycles. The first-order valence-corrected chi connectivity index (χ1v) is 21.5. The number of nitrogens with zero attached hydrogens (tertiary/aromatic N) is 6. The molecule has 3 aromatic heterocycles. The van der Waals surface area contributed by atoms with Crippen LogP contribution in [0, 0.1) is 16.2 Å². The molecule has 340 valence electrons. The fourth-order valence-corrected chi connectivity index (χ4v) is 9.89. The number of methoxy groups -OCH3 is 3. The minimum Gasteiger partial charge on any atom is -0.464 e. The molecule has 0 amide bonds. The maximum Gasteiger partial charge on any atom is 0.356 e. The fourth-order valence-electron chi connectivity index (χ4n) is 9.89. The van der Waals surface area contributed by atoms with Gasteiger partial charge in [-0.05, 0) is 57.1 Å². The van der Waals surface area contributed by atoms with Crippen LogP contribution in [0.1, 0.15) is 150 Å². The molecule has 0 N–H and O–H groups in total. The van der Waals surface area contributed by atoms with Gasteiger partial charge in [0.2, 0.25) is 0 Å². The van der Waals surface area contributed by atoms with E-state index >= 15 is 0 Å². The van der Waals surface area contributed by atoms with Gasteiger partial charge in [-0.15, -0.1) is 0 Å². The third kappa shape index (κ3) is 8.90. The lowest BCUT2D eigenvalue weighted by Crippen LogP contribution is -2.35. The van der Waals surface area contributed by atoms with Crippen molar-refractivity contribution in [3.05, 3.63) is 167 Å². The third-order valence-electron chi connectivity index (χ3n) is 12.9. The lowest BCUT2D eigenvalue weighted by atomic mass is 9.69. The summed E-state index contributed by atoms with van der Waals surface area (Å²) in [6.07, 6.45) is 12.6. The van der Waals surface area contributed by atoms with Crippen LogP contribution < -0.4 is 0 Å². The number of halogens is 2. The first-order valence-electron chi connectivity index (χ1n) is 21.5. The second kappa shape index (κ2) is 18.4. The van der Waals surface area contributed by atoms with Gasteiger partial charge in [-0.2, -0.15) is 0 Å². The van der Waals surface area contributed by atoms with Gasteiger partial charge in [-0.25, -0.2) is 38.1 Å². The summed E-state index contributed by atoms with van der Waals surface area (Å²) in [4.78, 5) is 48.2. The molecule has 9 rings (SSSR count). The molecule has 6 aromatic rings. The molecule has 0 unspecified atom stereocenters. The first-order chi connectivity index (χ1) is 30.9. The van der Waals surface area contributed by atoms with E-state index < -0.39 is 24.3 Å². The number of carbonyl (C=O) groups excluding carboxylic acids is 3. The Morgan fingerprint density at radius 2 is 0.862 bits per heavy atom. The summed E-state index contributed by atoms with van der Waals surface area (Å²) in [5.41, 5.74) is 5.95. The van der Waals surface area contributed by atoms with E-state index in [0.717, 1.165) is 11.1 Å². The number of hydrogen-bond donors (Lipinski definition) is 0. The van der Waals surface area contributed by atoms with Crippen molar-refractivity contribution in [3.8, 4) is 0 Å². The largest absolute Gasteiger partial charge is 0.464 e. The van der Waals surface area contributed by atoms with Crippen LogP contribution in [0.15, 0.2) is 116 Å². The van der Waals surface area contributed by atoms with Crippen molar-refractivity contribution in [3.63, 3.8) is 0 Å². The Hall–Kier alpha value is -6.70. The van der Waals surface area contributed by atoms with E-state index in [2.05, 4.69) is 53.1 Å². The van der Waals surface area contributed by atoms with Gasteiger partial charge >= 0.3 is 17.9 Å². The summed E-state index contributed by atoms with van der Waals surface area (Å²) in [7, 11) is 4.08. The first kappa shape index (κ1) is 46.3. The van der Waals surface area contributed by atoms with E-state index in [1.54, 1.807) is 34.3 Å². The van der Waals surface area contributed by atoms with Gasteiger partial charge in [0.25, 0.3) is 0 Å². The van der Waals surface area contributed by atoms with Crippen LogP contribution in [0.25, 0.3) is 6.08 Å². The van der Waals surface area contributed by atoms with Crippen LogP contribution in [-0.2, 0) is 14.2 Å². The van der Waals surface area contributed by atoms with Gasteiger partial charge in [-0.3, -0.25) is 0 Å². The van der Waals surface area contributed by atoms with E-state index in [1.807, 2.05) is 92.9 Å². The van der Waals surface area contributed by atoms with Gasteiger partial charge in [0.1, 0.15) is 29.4 Å². The Bertz CT molecular complexity index is 2590. The van der Waals surface area contributed by atoms with E-state index in [1.165, 1.54) is 44.8 Å². The van der Waals surface area contributed by atoms with Crippen molar-refractivity contribution in [2.45, 2.75) is 84.9 Å². The minimum absolute atomic E-state index is 0.00954. The quantitative estimate of drug-likeness (QED) is 0.118. The molecule has 12 nitrogen and oxygen atoms in total. The minimum atomic E-state index is -0.993. The number of rotatable bonds is 6. The molecular weight excluding hydrogens is 831 g/mol. The molecule has 0 saturated heterocycles. The highest BCUT2D eigenvalue weighted by Crippen LogP contribution is 2.53. The number of ether oxygens (including phenoxy) is 3. The number of carbonyl (C=O) groups is 3. The van der Waals surface area contributed by atoms with Gasteiger partial charge in [0, 0.05) is 5.41 Å². The Balaban J connectivity index is 0.000000145. The third-order valence-corrected chi connectivity index (χ3v) is 12.9. The zero-order valence-corrected chi connectivity index (χ0v) is 38.2. The predicted molar refractivity (Wildman–Crippen MR) is 242 cm³/mol. The zero-order valence-electron chi connectivity index (χ0n) is 38.2. The molecule has 3 aromatic carbocycles. The van der Waals surface area contributed by atoms with Crippen molar-refractivity contribution in [2.24, 2.45) is 16.2 Å². The van der Waals surface area contributed by atoms with Gasteiger partial charge < -0.3 is 27.9 Å². The number of imidazole rings is 3. The van der Waals surface area contributed by atoms with Crippen LogP contribution in [0.2, 0.25) is 0 Å². The Morgan fingerprint density at radius 3 is 1.25 bits per heavy atom. The van der Waals surface area contributed by atoms with E-state index in [4.69, 9.17) is 14.2 Å². The summed E-state index contributed by atoms with van der Waals surface area (Å²) < 4.78 is 49.0. The molecule has 0 bridgehead atoms. The second-order valence-corrected chi connectivity index (χ2v) is 18.6. The number of aromatic nitrogens is 6. The molecule has 5 atom stereocenters. The van der Waals surface area contributed by atoms with Crippen molar-refractivity contribution in [1.29, 1.82) is 0 Å². The molecule has 0 fully saturated rings.